The number of nitrogens with zero attached hydrogens (tertiary/aromatic N) is 6. The molecule has 2 aliphatic heterocycles. The summed E-state index contributed by atoms with van der Waals surface area (Å²) in [4.78, 5) is 32.6. The van der Waals surface area contributed by atoms with Crippen LogP contribution in [0.2, 0.25) is 0 Å². The summed E-state index contributed by atoms with van der Waals surface area (Å²) in [6, 6.07) is 15.5. The molecule has 0 atom stereocenters. The van der Waals surface area contributed by atoms with Crippen molar-refractivity contribution in [2.24, 2.45) is 0 Å². The molecule has 38 heavy (non-hydrogen) atoms. The van der Waals surface area contributed by atoms with E-state index in [4.69, 9.17) is 19.4 Å². The fourth-order valence-electron chi connectivity index (χ4n) is 4.81. The molecule has 3 aromatic heterocycles. The number of anilines is 4. The fraction of sp³-hybridized carbons (Fsp3) is 0.222. The van der Waals surface area contributed by atoms with Crippen LogP contribution >= 0.6 is 0 Å². The SMILES string of the molecule is O=C1CCCN1CCn1cnc2c(Nc3ccc4c(c3)OCO4)nc(Nc3ccc4ncccc4c3)nc21. The Kier molecular flexibility index (Phi) is 5.38. The Balaban J connectivity index is 1.24. The second kappa shape index (κ2) is 9.18. The number of fused-ring (bicyclic) bond motifs is 3. The van der Waals surface area contributed by atoms with E-state index < -0.39 is 0 Å². The highest BCUT2D eigenvalue weighted by Crippen LogP contribution is 2.36. The van der Waals surface area contributed by atoms with E-state index in [2.05, 4.69) is 20.6 Å². The first-order valence-electron chi connectivity index (χ1n) is 12.5. The zero-order chi connectivity index (χ0) is 25.5. The van der Waals surface area contributed by atoms with Crippen LogP contribution in [0.25, 0.3) is 22.1 Å². The van der Waals surface area contributed by atoms with E-state index in [1.54, 1.807) is 12.5 Å². The van der Waals surface area contributed by atoms with Crippen molar-refractivity contribution < 1.29 is 14.3 Å². The minimum absolute atomic E-state index is 0.197. The summed E-state index contributed by atoms with van der Waals surface area (Å²) in [7, 11) is 0. The number of aromatic nitrogens is 5. The van der Waals surface area contributed by atoms with Crippen LogP contribution in [0.4, 0.5) is 23.1 Å². The van der Waals surface area contributed by atoms with Gasteiger partial charge in [-0.25, -0.2) is 4.98 Å². The van der Waals surface area contributed by atoms with Gasteiger partial charge in [0.05, 0.1) is 11.8 Å². The first-order valence-corrected chi connectivity index (χ1v) is 12.5. The number of nitrogens with one attached hydrogen (secondary N) is 2. The summed E-state index contributed by atoms with van der Waals surface area (Å²) in [5, 5.41) is 7.72. The van der Waals surface area contributed by atoms with Crippen molar-refractivity contribution in [1.82, 2.24) is 29.4 Å². The van der Waals surface area contributed by atoms with Crippen LogP contribution < -0.4 is 20.1 Å². The number of pyridine rings is 1. The molecule has 0 aliphatic carbocycles. The number of hydrogen-bond acceptors (Lipinski definition) is 9. The first-order chi connectivity index (χ1) is 18.7. The van der Waals surface area contributed by atoms with Gasteiger partial charge in [-0.15, -0.1) is 0 Å². The van der Waals surface area contributed by atoms with E-state index in [-0.39, 0.29) is 12.7 Å². The van der Waals surface area contributed by atoms with E-state index in [1.165, 1.54) is 0 Å². The number of carbonyl (C=O) groups excluding carboxylic acids is 1. The average molecular weight is 509 g/mol. The lowest BCUT2D eigenvalue weighted by atomic mass is 10.2. The molecule has 2 aliphatic rings. The molecule has 1 fully saturated rings. The second-order valence-corrected chi connectivity index (χ2v) is 9.22. The highest BCUT2D eigenvalue weighted by Gasteiger charge is 2.21. The minimum atomic E-state index is 0.197. The van der Waals surface area contributed by atoms with Crippen molar-refractivity contribution in [3.05, 3.63) is 61.1 Å². The van der Waals surface area contributed by atoms with Gasteiger partial charge in [-0.2, -0.15) is 9.97 Å². The van der Waals surface area contributed by atoms with Gasteiger partial charge in [0.2, 0.25) is 18.6 Å². The molecule has 5 aromatic rings. The molecule has 2 aromatic carbocycles. The van der Waals surface area contributed by atoms with Crippen molar-refractivity contribution >= 4 is 51.1 Å². The van der Waals surface area contributed by atoms with E-state index in [0.717, 1.165) is 35.2 Å². The molecule has 1 saturated heterocycles. The van der Waals surface area contributed by atoms with Gasteiger partial charge < -0.3 is 29.6 Å². The molecule has 0 spiro atoms. The van der Waals surface area contributed by atoms with Crippen LogP contribution in [0.5, 0.6) is 11.5 Å². The van der Waals surface area contributed by atoms with Crippen molar-refractivity contribution in [1.29, 1.82) is 0 Å². The third-order valence-electron chi connectivity index (χ3n) is 6.74. The van der Waals surface area contributed by atoms with Gasteiger partial charge in [-0.3, -0.25) is 9.78 Å². The van der Waals surface area contributed by atoms with Crippen molar-refractivity contribution in [2.75, 3.05) is 30.5 Å². The largest absolute Gasteiger partial charge is 0.454 e. The van der Waals surface area contributed by atoms with Gasteiger partial charge in [-0.05, 0) is 42.8 Å². The van der Waals surface area contributed by atoms with E-state index in [1.807, 2.05) is 58.0 Å². The Morgan fingerprint density at radius 1 is 0.921 bits per heavy atom. The lowest BCUT2D eigenvalue weighted by molar-refractivity contribution is -0.127. The number of ether oxygens (including phenoxy) is 2. The smallest absolute Gasteiger partial charge is 0.231 e. The summed E-state index contributed by atoms with van der Waals surface area (Å²) in [6.45, 7) is 2.19. The van der Waals surface area contributed by atoms with Gasteiger partial charge in [0.15, 0.2) is 28.5 Å². The summed E-state index contributed by atoms with van der Waals surface area (Å²) in [5.74, 6) is 2.54. The van der Waals surface area contributed by atoms with E-state index in [0.29, 0.717) is 53.9 Å². The average Bonchev–Trinajstić information content (AvgIpc) is 3.67. The van der Waals surface area contributed by atoms with Crippen LogP contribution in [0.15, 0.2) is 61.1 Å². The fourth-order valence-corrected chi connectivity index (χ4v) is 4.81. The standard InChI is InChI=1S/C27H24N8O3/c36-23-4-2-10-34(23)11-12-35-15-29-24-25(30-19-6-8-21-22(14-19)38-16-37-21)32-27(33-26(24)35)31-18-5-7-20-17(13-18)3-1-9-28-20/h1,3,5-9,13-15H,2,4,10-12,16H2,(H2,30,31,32,33). The molecule has 2 N–H and O–H groups in total. The maximum atomic E-state index is 12.1. The number of likely N-dealkylation sites (tertiary alicyclic amines) is 1. The summed E-state index contributed by atoms with van der Waals surface area (Å²) >= 11 is 0. The Hall–Kier alpha value is -4.93. The number of benzene rings is 2. The maximum Gasteiger partial charge on any atom is 0.231 e. The molecule has 190 valence electrons. The third kappa shape index (κ3) is 4.17. The Morgan fingerprint density at radius 2 is 1.82 bits per heavy atom. The number of rotatable bonds is 7. The predicted molar refractivity (Wildman–Crippen MR) is 142 cm³/mol. The number of amides is 1. The van der Waals surface area contributed by atoms with Crippen molar-refractivity contribution in [2.45, 2.75) is 19.4 Å². The number of imidazole rings is 1. The summed E-state index contributed by atoms with van der Waals surface area (Å²) < 4.78 is 12.9. The van der Waals surface area contributed by atoms with Crippen LogP contribution in [-0.4, -0.2) is 55.2 Å². The van der Waals surface area contributed by atoms with Crippen molar-refractivity contribution in [3.8, 4) is 11.5 Å². The molecule has 5 heterocycles. The third-order valence-corrected chi connectivity index (χ3v) is 6.74. The molecule has 0 radical (unpaired) electrons. The number of carbonyl (C=O) groups is 1. The monoisotopic (exact) mass is 508 g/mol. The Morgan fingerprint density at radius 3 is 2.74 bits per heavy atom. The maximum absolute atomic E-state index is 12.1. The minimum Gasteiger partial charge on any atom is -0.454 e. The second-order valence-electron chi connectivity index (χ2n) is 9.22. The van der Waals surface area contributed by atoms with Crippen LogP contribution in [0, 0.1) is 0 Å². The van der Waals surface area contributed by atoms with E-state index >= 15 is 0 Å². The molecular formula is C27H24N8O3. The molecule has 1 amide bonds. The predicted octanol–water partition coefficient (Wildman–Crippen LogP) is 4.21. The topological polar surface area (TPSA) is 119 Å². The summed E-state index contributed by atoms with van der Waals surface area (Å²) in [6.07, 6.45) is 5.05. The zero-order valence-electron chi connectivity index (χ0n) is 20.4. The quantitative estimate of drug-likeness (QED) is 0.333. The van der Waals surface area contributed by atoms with E-state index in [9.17, 15) is 4.79 Å². The van der Waals surface area contributed by atoms with Crippen LogP contribution in [-0.2, 0) is 11.3 Å². The van der Waals surface area contributed by atoms with Gasteiger partial charge in [0.1, 0.15) is 0 Å². The molecule has 0 saturated carbocycles. The molecule has 7 rings (SSSR count). The highest BCUT2D eigenvalue weighted by molar-refractivity contribution is 5.88. The molecule has 0 bridgehead atoms. The Labute approximate surface area is 217 Å². The van der Waals surface area contributed by atoms with Gasteiger partial charge in [0.25, 0.3) is 0 Å². The molecule has 11 heteroatoms. The lowest BCUT2D eigenvalue weighted by Crippen LogP contribution is -2.28. The number of hydrogen-bond donors (Lipinski definition) is 2. The van der Waals surface area contributed by atoms with Gasteiger partial charge in [0, 0.05) is 55.1 Å². The highest BCUT2D eigenvalue weighted by atomic mass is 16.7. The van der Waals surface area contributed by atoms with Crippen LogP contribution in [0.3, 0.4) is 0 Å². The van der Waals surface area contributed by atoms with Gasteiger partial charge in [-0.1, -0.05) is 6.07 Å². The van der Waals surface area contributed by atoms with Crippen molar-refractivity contribution in [3.63, 3.8) is 0 Å². The lowest BCUT2D eigenvalue weighted by Gasteiger charge is -2.16. The molecule has 11 nitrogen and oxygen atoms in total. The first kappa shape index (κ1) is 22.3. The summed E-state index contributed by atoms with van der Waals surface area (Å²) in [5.41, 5.74) is 3.83. The van der Waals surface area contributed by atoms with Crippen LogP contribution in [0.1, 0.15) is 12.8 Å². The Bertz CT molecular complexity index is 1680. The zero-order valence-corrected chi connectivity index (χ0v) is 20.4. The molecule has 0 unspecified atom stereocenters. The normalized spacial score (nSPS) is 14.5. The van der Waals surface area contributed by atoms with Gasteiger partial charge >= 0.3 is 0 Å². The molecular weight excluding hydrogens is 484 g/mol.